The number of hydrazine groups is 1. The largest absolute Gasteiger partial charge is 0.358 e. The van der Waals surface area contributed by atoms with Gasteiger partial charge in [-0.1, -0.05) is 48.0 Å². The van der Waals surface area contributed by atoms with Gasteiger partial charge in [0.25, 0.3) is 5.91 Å². The molecule has 3 rings (SSSR count). The first-order chi connectivity index (χ1) is 13.5. The molecule has 1 aliphatic heterocycles. The van der Waals surface area contributed by atoms with E-state index in [9.17, 15) is 14.4 Å². The standard InChI is InChI=1S/C21H22N4O3/c1-13-7-9-14(10-8-13)16(20(27)25-22)11-17(19-18(26)12-23-21(19)28)24-15-5-3-2-4-6-15/h2-10,16,24H,11-12,22H2,1H3,(H,23,28)(H,25,27). The molecule has 5 N–H and O–H groups in total. The fraction of sp³-hybridized carbons (Fsp3) is 0.190. The van der Waals surface area contributed by atoms with E-state index in [1.54, 1.807) is 0 Å². The van der Waals surface area contributed by atoms with Gasteiger partial charge in [-0.3, -0.25) is 19.8 Å². The first-order valence-corrected chi connectivity index (χ1v) is 8.93. The van der Waals surface area contributed by atoms with E-state index in [2.05, 4.69) is 16.1 Å². The Kier molecular flexibility index (Phi) is 5.86. The van der Waals surface area contributed by atoms with Crippen molar-refractivity contribution in [2.45, 2.75) is 19.3 Å². The van der Waals surface area contributed by atoms with Crippen LogP contribution in [0.25, 0.3) is 0 Å². The number of aryl methyl sites for hydroxylation is 1. The molecule has 7 heteroatoms. The van der Waals surface area contributed by atoms with Gasteiger partial charge in [0.2, 0.25) is 5.91 Å². The number of nitrogens with one attached hydrogen (secondary N) is 3. The quantitative estimate of drug-likeness (QED) is 0.200. The predicted octanol–water partition coefficient (Wildman–Crippen LogP) is 1.52. The van der Waals surface area contributed by atoms with Crippen LogP contribution in [0.4, 0.5) is 5.69 Å². The van der Waals surface area contributed by atoms with Crippen molar-refractivity contribution < 1.29 is 14.4 Å². The van der Waals surface area contributed by atoms with Crippen LogP contribution in [-0.2, 0) is 14.4 Å². The molecule has 2 amide bonds. The highest BCUT2D eigenvalue weighted by molar-refractivity contribution is 6.25. The van der Waals surface area contributed by atoms with E-state index < -0.39 is 17.7 Å². The van der Waals surface area contributed by atoms with E-state index in [0.29, 0.717) is 11.4 Å². The monoisotopic (exact) mass is 378 g/mol. The molecule has 1 fully saturated rings. The molecule has 1 heterocycles. The molecular formula is C21H22N4O3. The first-order valence-electron chi connectivity index (χ1n) is 8.93. The number of carbonyl (C=O) groups excluding carboxylic acids is 3. The van der Waals surface area contributed by atoms with Gasteiger partial charge in [-0.05, 0) is 24.6 Å². The van der Waals surface area contributed by atoms with Crippen molar-refractivity contribution >= 4 is 23.3 Å². The fourth-order valence-corrected chi connectivity index (χ4v) is 3.15. The molecule has 1 aliphatic rings. The van der Waals surface area contributed by atoms with Gasteiger partial charge in [-0.25, -0.2) is 5.84 Å². The minimum absolute atomic E-state index is 0.0470. The second-order valence-corrected chi connectivity index (χ2v) is 6.63. The molecule has 2 aromatic rings. The predicted molar refractivity (Wildman–Crippen MR) is 106 cm³/mol. The average Bonchev–Trinajstić information content (AvgIpc) is 3.04. The summed E-state index contributed by atoms with van der Waals surface area (Å²) in [6.07, 6.45) is 0.121. The van der Waals surface area contributed by atoms with Gasteiger partial charge >= 0.3 is 0 Å². The number of para-hydroxylation sites is 1. The van der Waals surface area contributed by atoms with E-state index >= 15 is 0 Å². The lowest BCUT2D eigenvalue weighted by molar-refractivity contribution is -0.123. The van der Waals surface area contributed by atoms with Crippen LogP contribution in [0, 0.1) is 6.92 Å². The smallest absolute Gasteiger partial charge is 0.257 e. The van der Waals surface area contributed by atoms with Crippen molar-refractivity contribution in [1.82, 2.24) is 10.7 Å². The van der Waals surface area contributed by atoms with Crippen LogP contribution in [0.5, 0.6) is 0 Å². The van der Waals surface area contributed by atoms with Crippen LogP contribution in [0.15, 0.2) is 65.9 Å². The average molecular weight is 378 g/mol. The van der Waals surface area contributed by atoms with E-state index in [0.717, 1.165) is 11.1 Å². The van der Waals surface area contributed by atoms with Crippen molar-refractivity contribution in [3.8, 4) is 0 Å². The third-order valence-electron chi connectivity index (χ3n) is 4.63. The van der Waals surface area contributed by atoms with Gasteiger partial charge < -0.3 is 10.6 Å². The molecule has 7 nitrogen and oxygen atoms in total. The number of ketones is 1. The Bertz CT molecular complexity index is 902. The van der Waals surface area contributed by atoms with Crippen LogP contribution < -0.4 is 21.9 Å². The van der Waals surface area contributed by atoms with Gasteiger partial charge in [0.05, 0.1) is 12.5 Å². The summed E-state index contributed by atoms with van der Waals surface area (Å²) in [6.45, 7) is 1.90. The van der Waals surface area contributed by atoms with E-state index in [4.69, 9.17) is 5.84 Å². The van der Waals surface area contributed by atoms with E-state index in [-0.39, 0.29) is 24.3 Å². The van der Waals surface area contributed by atoms with Gasteiger partial charge in [0.1, 0.15) is 5.57 Å². The van der Waals surface area contributed by atoms with Crippen molar-refractivity contribution in [3.63, 3.8) is 0 Å². The molecule has 1 atom stereocenters. The third kappa shape index (κ3) is 4.27. The Morgan fingerprint density at radius 3 is 2.36 bits per heavy atom. The number of hydrogen-bond donors (Lipinski definition) is 4. The number of benzene rings is 2. The van der Waals surface area contributed by atoms with Gasteiger partial charge in [0, 0.05) is 17.8 Å². The Labute approximate surface area is 163 Å². The molecule has 0 bridgehead atoms. The highest BCUT2D eigenvalue weighted by Crippen LogP contribution is 2.28. The number of Topliss-reactive ketones (excluding diaryl/α,β-unsaturated/α-hetero) is 1. The summed E-state index contributed by atoms with van der Waals surface area (Å²) in [7, 11) is 0. The molecule has 2 aromatic carbocycles. The zero-order chi connectivity index (χ0) is 20.1. The second kappa shape index (κ2) is 8.49. The lowest BCUT2D eigenvalue weighted by atomic mass is 9.91. The zero-order valence-corrected chi connectivity index (χ0v) is 15.5. The van der Waals surface area contributed by atoms with Crippen molar-refractivity contribution in [2.24, 2.45) is 5.84 Å². The molecule has 0 aromatic heterocycles. The Morgan fingerprint density at radius 1 is 1.11 bits per heavy atom. The maximum atomic E-state index is 12.5. The topological polar surface area (TPSA) is 113 Å². The number of anilines is 1. The minimum Gasteiger partial charge on any atom is -0.358 e. The van der Waals surface area contributed by atoms with E-state index in [1.807, 2.05) is 61.5 Å². The van der Waals surface area contributed by atoms with Crippen LogP contribution in [0.3, 0.4) is 0 Å². The Balaban J connectivity index is 2.02. The summed E-state index contributed by atoms with van der Waals surface area (Å²) in [6, 6.07) is 16.7. The first kappa shape index (κ1) is 19.3. The normalized spacial score (nSPS) is 16.4. The number of allylic oxidation sites excluding steroid dienone is 1. The van der Waals surface area contributed by atoms with Crippen molar-refractivity contribution in [3.05, 3.63) is 77.0 Å². The molecule has 28 heavy (non-hydrogen) atoms. The molecule has 0 aliphatic carbocycles. The summed E-state index contributed by atoms with van der Waals surface area (Å²) >= 11 is 0. The molecule has 0 radical (unpaired) electrons. The highest BCUT2D eigenvalue weighted by Gasteiger charge is 2.32. The van der Waals surface area contributed by atoms with Crippen LogP contribution in [-0.4, -0.2) is 24.1 Å². The van der Waals surface area contributed by atoms with Gasteiger partial charge in [-0.15, -0.1) is 0 Å². The summed E-state index contributed by atoms with van der Waals surface area (Å²) in [5, 5.41) is 5.69. The number of carbonyl (C=O) groups is 3. The zero-order valence-electron chi connectivity index (χ0n) is 15.5. The molecule has 0 saturated carbocycles. The number of hydrogen-bond acceptors (Lipinski definition) is 5. The van der Waals surface area contributed by atoms with Crippen LogP contribution >= 0.6 is 0 Å². The van der Waals surface area contributed by atoms with Crippen molar-refractivity contribution in [2.75, 3.05) is 11.9 Å². The Hall–Kier alpha value is -3.45. The molecule has 144 valence electrons. The summed E-state index contributed by atoms with van der Waals surface area (Å²) in [4.78, 5) is 37.1. The summed E-state index contributed by atoms with van der Waals surface area (Å²) < 4.78 is 0. The highest BCUT2D eigenvalue weighted by atomic mass is 16.2. The maximum absolute atomic E-state index is 12.5. The number of nitrogens with two attached hydrogens (primary N) is 1. The van der Waals surface area contributed by atoms with Crippen molar-refractivity contribution in [1.29, 1.82) is 0 Å². The van der Waals surface area contributed by atoms with Crippen LogP contribution in [0.2, 0.25) is 0 Å². The molecular weight excluding hydrogens is 356 g/mol. The lowest BCUT2D eigenvalue weighted by Gasteiger charge is -2.20. The third-order valence-corrected chi connectivity index (χ3v) is 4.63. The molecule has 1 saturated heterocycles. The second-order valence-electron chi connectivity index (χ2n) is 6.63. The minimum atomic E-state index is -0.662. The maximum Gasteiger partial charge on any atom is 0.257 e. The number of rotatable bonds is 6. The SMILES string of the molecule is Cc1ccc(C(CC(Nc2ccccc2)=C2C(=O)CNC2=O)C(=O)NN)cc1. The fourth-order valence-electron chi connectivity index (χ4n) is 3.15. The number of amides is 2. The molecule has 0 spiro atoms. The Morgan fingerprint density at radius 2 is 1.79 bits per heavy atom. The molecule has 1 unspecified atom stereocenters. The summed E-state index contributed by atoms with van der Waals surface area (Å²) in [5.74, 6) is 3.58. The van der Waals surface area contributed by atoms with Gasteiger partial charge in [0.15, 0.2) is 5.78 Å². The van der Waals surface area contributed by atoms with Crippen LogP contribution in [0.1, 0.15) is 23.5 Å². The van der Waals surface area contributed by atoms with E-state index in [1.165, 1.54) is 0 Å². The van der Waals surface area contributed by atoms with Gasteiger partial charge in [-0.2, -0.15) is 0 Å². The lowest BCUT2D eigenvalue weighted by Crippen LogP contribution is -2.35. The summed E-state index contributed by atoms with van der Waals surface area (Å²) in [5.41, 5.74) is 5.14.